The van der Waals surface area contributed by atoms with Crippen LogP contribution in [0.2, 0.25) is 18.1 Å². The number of hydrogen-bond donors (Lipinski definition) is 2. The van der Waals surface area contributed by atoms with Crippen LogP contribution in [0.5, 0.6) is 17.4 Å². The minimum Gasteiger partial charge on any atom is -0.507 e. The van der Waals surface area contributed by atoms with Crippen LogP contribution in [0.3, 0.4) is 0 Å². The topological polar surface area (TPSA) is 147 Å². The van der Waals surface area contributed by atoms with Gasteiger partial charge in [0, 0.05) is 36.2 Å². The molecule has 1 fully saturated rings. The van der Waals surface area contributed by atoms with Crippen LogP contribution in [0, 0.1) is 11.8 Å². The van der Waals surface area contributed by atoms with E-state index in [1.807, 2.05) is 52.6 Å². The minimum atomic E-state index is -5.09. The molecular weight excluding hydrogens is 736 g/mol. The standard InChI is InChI=1S/C40H54F3N3O8Si/c1-10-14-18-50-33-26(44)22-27(52-40(41,42)43)24-20-23-21-25-31(46(16-12-3)17-13-4)34-30(37(45-53-34)51-19-15-11-2)36(49)39(25,54-55(8,9)38(5,6)7)35(48)28(23)32(47)29(24)33/h12-13,22-23,25,31,47H,3-4,10-11,14-21,44H2,1-2,5-9H3/t23-,25-,31-,39-/m0/s1. The highest BCUT2D eigenvalue weighted by Crippen LogP contribution is 2.60. The first-order chi connectivity index (χ1) is 25.8. The number of hydrogen-bond acceptors (Lipinski definition) is 11. The zero-order valence-corrected chi connectivity index (χ0v) is 33.9. The van der Waals surface area contributed by atoms with Crippen LogP contribution in [0.1, 0.15) is 100 Å². The Labute approximate surface area is 321 Å². The van der Waals surface area contributed by atoms with Crippen LogP contribution < -0.4 is 19.9 Å². The fourth-order valence-corrected chi connectivity index (χ4v) is 9.18. The van der Waals surface area contributed by atoms with Gasteiger partial charge in [0.05, 0.1) is 30.5 Å². The van der Waals surface area contributed by atoms with E-state index in [0.29, 0.717) is 12.8 Å². The molecule has 55 heavy (non-hydrogen) atoms. The molecular formula is C40H54F3N3O8Si. The molecule has 15 heteroatoms. The third kappa shape index (κ3) is 7.59. The molecule has 4 atom stereocenters. The lowest BCUT2D eigenvalue weighted by Crippen LogP contribution is -2.68. The molecule has 1 heterocycles. The number of nitrogens with zero attached hydrogens (tertiary/aromatic N) is 2. The van der Waals surface area contributed by atoms with E-state index in [9.17, 15) is 18.3 Å². The number of nitrogen functional groups attached to an aromatic ring is 1. The van der Waals surface area contributed by atoms with Crippen molar-refractivity contribution in [3.05, 3.63) is 59.4 Å². The second-order valence-electron chi connectivity index (χ2n) is 16.1. The summed E-state index contributed by atoms with van der Waals surface area (Å²) in [5.74, 6) is -4.54. The van der Waals surface area contributed by atoms with E-state index in [1.54, 1.807) is 12.2 Å². The fraction of sp³-hybridized carbons (Fsp3) is 0.575. The van der Waals surface area contributed by atoms with Gasteiger partial charge in [0.25, 0.3) is 5.88 Å². The number of aromatic nitrogens is 1. The third-order valence-electron chi connectivity index (χ3n) is 11.3. The number of ether oxygens (including phenoxy) is 3. The number of alkyl halides is 3. The Bertz CT molecular complexity index is 1840. The summed E-state index contributed by atoms with van der Waals surface area (Å²) in [6, 6.07) is 0.203. The molecule has 3 aliphatic carbocycles. The summed E-state index contributed by atoms with van der Waals surface area (Å²) >= 11 is 0. The van der Waals surface area contributed by atoms with Gasteiger partial charge in [-0.2, -0.15) is 0 Å². The number of ketones is 2. The maximum Gasteiger partial charge on any atom is 0.573 e. The maximum absolute atomic E-state index is 15.7. The van der Waals surface area contributed by atoms with Gasteiger partial charge in [-0.25, -0.2) is 0 Å². The van der Waals surface area contributed by atoms with Crippen LogP contribution in [0.25, 0.3) is 5.76 Å². The molecule has 0 amide bonds. The number of Topliss-reactive ketones (excluding diaryl/α,β-unsaturated/α-hetero) is 2. The van der Waals surface area contributed by atoms with Crippen LogP contribution in [0.4, 0.5) is 18.9 Å². The van der Waals surface area contributed by atoms with Gasteiger partial charge in [-0.15, -0.1) is 26.3 Å². The highest BCUT2D eigenvalue weighted by molar-refractivity contribution is 6.74. The van der Waals surface area contributed by atoms with E-state index in [1.165, 1.54) is 0 Å². The second kappa shape index (κ2) is 15.8. The van der Waals surface area contributed by atoms with Crippen LogP contribution >= 0.6 is 0 Å². The fourth-order valence-electron chi connectivity index (χ4n) is 7.73. The van der Waals surface area contributed by atoms with Crippen molar-refractivity contribution in [2.45, 2.75) is 109 Å². The molecule has 0 radical (unpaired) electrons. The maximum atomic E-state index is 15.7. The van der Waals surface area contributed by atoms with Crippen molar-refractivity contribution in [2.24, 2.45) is 11.8 Å². The van der Waals surface area contributed by atoms with Crippen molar-refractivity contribution in [1.82, 2.24) is 10.1 Å². The first-order valence-corrected chi connectivity index (χ1v) is 21.9. The van der Waals surface area contributed by atoms with Gasteiger partial charge in [0.2, 0.25) is 11.6 Å². The van der Waals surface area contributed by atoms with Gasteiger partial charge in [0.1, 0.15) is 17.1 Å². The molecule has 5 rings (SSSR count). The summed E-state index contributed by atoms with van der Waals surface area (Å²) in [5.41, 5.74) is 3.50. The summed E-state index contributed by atoms with van der Waals surface area (Å²) in [6.07, 6.45) is 0.925. The van der Waals surface area contributed by atoms with Crippen molar-refractivity contribution in [2.75, 3.05) is 32.0 Å². The molecule has 0 unspecified atom stereocenters. The number of carbonyl (C=O) groups excluding carboxylic acids is 2. The van der Waals surface area contributed by atoms with Crippen molar-refractivity contribution in [1.29, 1.82) is 0 Å². The van der Waals surface area contributed by atoms with E-state index >= 15 is 9.59 Å². The molecule has 3 N–H and O–H groups in total. The Balaban J connectivity index is 1.85. The number of rotatable bonds is 16. The Hall–Kier alpha value is -4.08. The van der Waals surface area contributed by atoms with Crippen molar-refractivity contribution >= 4 is 31.3 Å². The van der Waals surface area contributed by atoms with Gasteiger partial charge in [0.15, 0.2) is 25.4 Å². The zero-order valence-electron chi connectivity index (χ0n) is 32.9. The Morgan fingerprint density at radius 1 is 1.05 bits per heavy atom. The van der Waals surface area contributed by atoms with E-state index in [-0.39, 0.29) is 84.5 Å². The Morgan fingerprint density at radius 3 is 2.24 bits per heavy atom. The predicted molar refractivity (Wildman–Crippen MR) is 205 cm³/mol. The average Bonchev–Trinajstić information content (AvgIpc) is 3.50. The van der Waals surface area contributed by atoms with E-state index in [4.69, 9.17) is 24.2 Å². The predicted octanol–water partition coefficient (Wildman–Crippen LogP) is 8.92. The average molecular weight is 790 g/mol. The highest BCUT2D eigenvalue weighted by atomic mass is 28.4. The number of unbranched alkanes of at least 4 members (excludes halogenated alkanes) is 2. The Morgan fingerprint density at radius 2 is 1.67 bits per heavy atom. The zero-order chi connectivity index (χ0) is 40.7. The number of halogens is 3. The van der Waals surface area contributed by atoms with Crippen molar-refractivity contribution < 1.29 is 51.0 Å². The SMILES string of the molecule is C=CCN(CC=C)[C@@H]1c2onc(OCCCC)c2C(=O)[C@@]2(O[Si](C)(C)C(C)(C)C)C(=O)C3=C(O)c4c(c(OC(F)(F)F)cc(N)c4OCCCC)C[C@H]3C[C@@H]12. The molecule has 1 saturated carbocycles. The molecule has 3 aliphatic rings. The lowest BCUT2D eigenvalue weighted by molar-refractivity contribution is -0.275. The lowest BCUT2D eigenvalue weighted by atomic mass is 9.57. The van der Waals surface area contributed by atoms with Gasteiger partial charge < -0.3 is 34.0 Å². The van der Waals surface area contributed by atoms with Crippen LogP contribution in [-0.2, 0) is 15.6 Å². The lowest BCUT2D eigenvalue weighted by Gasteiger charge is -2.55. The number of anilines is 1. The molecule has 11 nitrogen and oxygen atoms in total. The van der Waals surface area contributed by atoms with Crippen LogP contribution in [-0.4, -0.2) is 73.3 Å². The quantitative estimate of drug-likeness (QED) is 0.0553. The summed E-state index contributed by atoms with van der Waals surface area (Å²) in [5, 5.41) is 16.0. The van der Waals surface area contributed by atoms with Gasteiger partial charge >= 0.3 is 6.36 Å². The van der Waals surface area contributed by atoms with Crippen molar-refractivity contribution in [3.63, 3.8) is 0 Å². The monoisotopic (exact) mass is 789 g/mol. The summed E-state index contributed by atoms with van der Waals surface area (Å²) in [7, 11) is -3.06. The van der Waals surface area contributed by atoms with Gasteiger partial charge in [-0.3, -0.25) is 14.5 Å². The smallest absolute Gasteiger partial charge is 0.507 e. The molecule has 0 spiro atoms. The van der Waals surface area contributed by atoms with Crippen LogP contribution in [0.15, 0.2) is 41.5 Å². The summed E-state index contributed by atoms with van der Waals surface area (Å²) in [4.78, 5) is 33.1. The molecule has 0 saturated heterocycles. The first-order valence-electron chi connectivity index (χ1n) is 18.9. The van der Waals surface area contributed by atoms with E-state index < -0.39 is 66.3 Å². The number of aliphatic hydroxyl groups is 1. The highest BCUT2D eigenvalue weighted by Gasteiger charge is 2.69. The number of carbonyl (C=O) groups is 2. The molecule has 1 aromatic carbocycles. The van der Waals surface area contributed by atoms with Gasteiger partial charge in [-0.05, 0) is 54.9 Å². The Kier molecular flexibility index (Phi) is 12.1. The molecule has 302 valence electrons. The first kappa shape index (κ1) is 42.1. The normalized spacial score (nSPS) is 22.5. The number of benzene rings is 1. The number of aliphatic hydroxyl groups excluding tert-OH is 1. The number of fused-ring (bicyclic) bond motifs is 4. The second-order valence-corrected chi connectivity index (χ2v) is 20.8. The summed E-state index contributed by atoms with van der Waals surface area (Å²) in [6.45, 7) is 22.5. The molecule has 0 aliphatic heterocycles. The molecule has 2 aromatic rings. The molecule has 0 bridgehead atoms. The van der Waals surface area contributed by atoms with E-state index in [2.05, 4.69) is 23.1 Å². The summed E-state index contributed by atoms with van der Waals surface area (Å²) < 4.78 is 71.2. The third-order valence-corrected chi connectivity index (χ3v) is 15.8. The van der Waals surface area contributed by atoms with Crippen molar-refractivity contribution in [3.8, 4) is 17.4 Å². The minimum absolute atomic E-state index is 0.0189. The largest absolute Gasteiger partial charge is 0.573 e. The number of nitrogens with two attached hydrogens (primary N) is 1. The molecule has 1 aromatic heterocycles. The van der Waals surface area contributed by atoms with E-state index in [0.717, 1.165) is 18.9 Å². The van der Waals surface area contributed by atoms with Gasteiger partial charge in [-0.1, -0.05) is 59.6 Å².